The number of thiazole rings is 1. The van der Waals surface area contributed by atoms with E-state index in [1.165, 1.54) is 11.6 Å². The fraction of sp³-hybridized carbons (Fsp3) is 0.115. The Morgan fingerprint density at radius 1 is 1.11 bits per heavy atom. The smallest absolute Gasteiger partial charge is 0.353 e. The number of methoxy groups -OCH3 is 1. The van der Waals surface area contributed by atoms with Crippen LogP contribution in [-0.2, 0) is 14.3 Å². The molecule has 7 nitrogen and oxygen atoms in total. The van der Waals surface area contributed by atoms with Crippen LogP contribution < -0.4 is 9.47 Å². The van der Waals surface area contributed by atoms with Gasteiger partial charge in [-0.25, -0.2) is 9.78 Å². The Morgan fingerprint density at radius 3 is 2.54 bits per heavy atom. The molecule has 0 spiro atoms. The molecule has 35 heavy (non-hydrogen) atoms. The number of epoxide rings is 1. The van der Waals surface area contributed by atoms with Crippen LogP contribution in [0.15, 0.2) is 72.9 Å². The van der Waals surface area contributed by atoms with E-state index < -0.39 is 5.97 Å². The summed E-state index contributed by atoms with van der Waals surface area (Å²) in [4.78, 5) is 27.3. The number of hydrogen-bond donors (Lipinski definition) is 0. The number of hydrogen-bond acceptors (Lipinski definition) is 7. The molecule has 0 bridgehead atoms. The van der Waals surface area contributed by atoms with Gasteiger partial charge in [0.2, 0.25) is 6.10 Å². The number of imidazole rings is 1. The van der Waals surface area contributed by atoms with E-state index in [1.807, 2.05) is 48.7 Å². The van der Waals surface area contributed by atoms with Gasteiger partial charge in [0, 0.05) is 24.2 Å². The summed E-state index contributed by atoms with van der Waals surface area (Å²) in [6.07, 6.45) is 1.66. The fourth-order valence-corrected chi connectivity index (χ4v) is 4.71. The zero-order chi connectivity index (χ0) is 24.5. The van der Waals surface area contributed by atoms with E-state index in [0.29, 0.717) is 10.8 Å². The second-order valence-corrected chi connectivity index (χ2v) is 9.09. The summed E-state index contributed by atoms with van der Waals surface area (Å²) in [7, 11) is 1.60. The van der Waals surface area contributed by atoms with Crippen molar-refractivity contribution in [3.8, 4) is 22.8 Å². The zero-order valence-corrected chi connectivity index (χ0v) is 20.3. The number of carbonyl (C=O) groups is 2. The topological polar surface area (TPSA) is 82.4 Å². The van der Waals surface area contributed by atoms with E-state index in [4.69, 9.17) is 25.8 Å². The summed E-state index contributed by atoms with van der Waals surface area (Å²) >= 11 is 7.70. The van der Waals surface area contributed by atoms with Crippen molar-refractivity contribution in [2.24, 2.45) is 0 Å². The number of halogens is 1. The monoisotopic (exact) mass is 506 g/mol. The van der Waals surface area contributed by atoms with E-state index in [9.17, 15) is 9.59 Å². The lowest BCUT2D eigenvalue weighted by molar-refractivity contribution is -0.131. The summed E-state index contributed by atoms with van der Waals surface area (Å²) in [5.41, 5.74) is 3.68. The van der Waals surface area contributed by atoms with Gasteiger partial charge in [0.25, 0.3) is 0 Å². The Morgan fingerprint density at radius 2 is 1.86 bits per heavy atom. The van der Waals surface area contributed by atoms with Crippen LogP contribution in [0.2, 0.25) is 5.02 Å². The van der Waals surface area contributed by atoms with E-state index in [-0.39, 0.29) is 12.1 Å². The number of esters is 1. The van der Waals surface area contributed by atoms with Crippen molar-refractivity contribution in [1.82, 2.24) is 9.38 Å². The lowest BCUT2D eigenvalue weighted by Gasteiger charge is -2.05. The Kier molecular flexibility index (Phi) is 6.15. The number of benzene rings is 3. The minimum Gasteiger partial charge on any atom is -0.497 e. The normalized spacial score (nSPS) is 14.3. The molecule has 0 aliphatic carbocycles. The maximum atomic E-state index is 11.2. The Bertz CT molecular complexity index is 1560. The maximum Gasteiger partial charge on any atom is 0.353 e. The summed E-state index contributed by atoms with van der Waals surface area (Å²) < 4.78 is 18.1. The third-order valence-corrected chi connectivity index (χ3v) is 6.64. The molecule has 1 aliphatic heterocycles. The maximum absolute atomic E-state index is 11.2. The molecule has 1 aliphatic rings. The van der Waals surface area contributed by atoms with Crippen LogP contribution in [0.1, 0.15) is 18.6 Å². The van der Waals surface area contributed by atoms with Crippen molar-refractivity contribution < 1.29 is 23.8 Å². The van der Waals surface area contributed by atoms with Crippen molar-refractivity contribution in [2.45, 2.75) is 13.0 Å². The molecule has 176 valence electrons. The second-order valence-electron chi connectivity index (χ2n) is 7.68. The molecule has 5 aromatic rings. The molecule has 9 heteroatoms. The highest BCUT2D eigenvalue weighted by Gasteiger charge is 2.39. The predicted octanol–water partition coefficient (Wildman–Crippen LogP) is 6.09. The average Bonchev–Trinajstić information content (AvgIpc) is 3.29. The van der Waals surface area contributed by atoms with E-state index in [0.717, 1.165) is 33.0 Å². The molecular weight excluding hydrogens is 488 g/mol. The molecule has 0 amide bonds. The van der Waals surface area contributed by atoms with Crippen molar-refractivity contribution in [3.63, 3.8) is 0 Å². The highest BCUT2D eigenvalue weighted by atomic mass is 35.5. The lowest BCUT2D eigenvalue weighted by Crippen LogP contribution is -2.01. The molecular formula is C26H19ClN2O5S. The molecule has 1 unspecified atom stereocenters. The van der Waals surface area contributed by atoms with Gasteiger partial charge < -0.3 is 14.2 Å². The van der Waals surface area contributed by atoms with Crippen molar-refractivity contribution in [1.29, 1.82) is 0 Å². The van der Waals surface area contributed by atoms with Gasteiger partial charge in [0.05, 0.1) is 28.0 Å². The average molecular weight is 507 g/mol. The summed E-state index contributed by atoms with van der Waals surface area (Å²) in [5.74, 6) is 0.575. The molecule has 1 fully saturated rings. The molecule has 2 aromatic heterocycles. The second kappa shape index (κ2) is 9.40. The predicted molar refractivity (Wildman–Crippen MR) is 134 cm³/mol. The van der Waals surface area contributed by atoms with Gasteiger partial charge in [-0.2, -0.15) is 0 Å². The molecule has 3 aromatic carbocycles. The first kappa shape index (κ1) is 22.9. The van der Waals surface area contributed by atoms with Gasteiger partial charge in [-0.3, -0.25) is 9.20 Å². The summed E-state index contributed by atoms with van der Waals surface area (Å²) in [6, 6.07) is 20.8. The third kappa shape index (κ3) is 4.84. The van der Waals surface area contributed by atoms with Crippen molar-refractivity contribution >= 4 is 50.1 Å². The van der Waals surface area contributed by atoms with E-state index in [1.54, 1.807) is 30.6 Å². The minimum absolute atomic E-state index is 0.153. The lowest BCUT2D eigenvalue weighted by atomic mass is 10.1. The number of rotatable bonds is 4. The van der Waals surface area contributed by atoms with Gasteiger partial charge >= 0.3 is 11.9 Å². The van der Waals surface area contributed by atoms with Crippen LogP contribution in [0.4, 0.5) is 0 Å². The minimum atomic E-state index is -0.402. The number of para-hydroxylation sites is 1. The first-order chi connectivity index (χ1) is 16.9. The van der Waals surface area contributed by atoms with Crippen molar-refractivity contribution in [3.05, 3.63) is 83.5 Å². The third-order valence-electron chi connectivity index (χ3n) is 5.29. The largest absolute Gasteiger partial charge is 0.497 e. The number of carbonyl (C=O) groups excluding carboxylic acids is 2. The SMILES string of the molecule is CC(=O)Oc1cc(-c2cn3c(n2)sc2ccccc23)ccc1Cl.COc1ccc(C2OC2=O)cc1. The standard InChI is InChI=1S/C17H11ClN2O2S.C9H8O3/c1-10(21)22-15-8-11(6-7-12(15)18)13-9-20-14-4-2-3-5-16(14)23-17(20)19-13;1-11-7-4-2-6(3-5-7)8-9(10)12-8/h2-9H,1H3;2-5,8H,1H3. The summed E-state index contributed by atoms with van der Waals surface area (Å²) in [5, 5.41) is 0.399. The molecule has 0 N–H and O–H groups in total. The Balaban J connectivity index is 0.000000178. The first-order valence-electron chi connectivity index (χ1n) is 10.6. The van der Waals surface area contributed by atoms with Crippen LogP contribution in [0.3, 0.4) is 0 Å². The quantitative estimate of drug-likeness (QED) is 0.167. The summed E-state index contributed by atoms with van der Waals surface area (Å²) in [6.45, 7) is 1.35. The highest BCUT2D eigenvalue weighted by molar-refractivity contribution is 7.23. The Hall–Kier alpha value is -3.88. The van der Waals surface area contributed by atoms with Gasteiger partial charge in [-0.15, -0.1) is 0 Å². The number of fused-ring (bicyclic) bond motifs is 3. The van der Waals surface area contributed by atoms with Crippen LogP contribution in [0, 0.1) is 0 Å². The van der Waals surface area contributed by atoms with E-state index >= 15 is 0 Å². The van der Waals surface area contributed by atoms with Gasteiger partial charge in [0.15, 0.2) is 4.96 Å². The fourth-order valence-electron chi connectivity index (χ4n) is 3.55. The van der Waals surface area contributed by atoms with Gasteiger partial charge in [-0.1, -0.05) is 53.3 Å². The molecule has 6 rings (SSSR count). The van der Waals surface area contributed by atoms with Crippen LogP contribution >= 0.6 is 22.9 Å². The molecule has 3 heterocycles. The first-order valence-corrected chi connectivity index (χ1v) is 11.8. The number of ether oxygens (including phenoxy) is 3. The molecule has 1 atom stereocenters. The number of aromatic nitrogens is 2. The van der Waals surface area contributed by atoms with Crippen molar-refractivity contribution in [2.75, 3.05) is 7.11 Å². The number of cyclic esters (lactones) is 1. The molecule has 1 saturated heterocycles. The zero-order valence-electron chi connectivity index (χ0n) is 18.7. The van der Waals surface area contributed by atoms with Crippen LogP contribution in [0.25, 0.3) is 26.4 Å². The van der Waals surface area contributed by atoms with Crippen LogP contribution in [-0.4, -0.2) is 28.4 Å². The highest BCUT2D eigenvalue weighted by Crippen LogP contribution is 2.34. The van der Waals surface area contributed by atoms with Gasteiger partial charge in [-0.05, 0) is 36.4 Å². The molecule has 0 saturated carbocycles. The number of nitrogens with zero attached hydrogens (tertiary/aromatic N) is 2. The Labute approximate surface area is 209 Å². The van der Waals surface area contributed by atoms with Crippen LogP contribution in [0.5, 0.6) is 11.5 Å². The van der Waals surface area contributed by atoms with E-state index in [2.05, 4.69) is 21.5 Å². The molecule has 0 radical (unpaired) electrons. The van der Waals surface area contributed by atoms with Gasteiger partial charge in [0.1, 0.15) is 11.5 Å².